The summed E-state index contributed by atoms with van der Waals surface area (Å²) in [6.07, 6.45) is 5.34. The Labute approximate surface area is 101 Å². The minimum Gasteiger partial charge on any atom is -0.363 e. The van der Waals surface area contributed by atoms with Crippen molar-refractivity contribution in [3.8, 4) is 0 Å². The quantitative estimate of drug-likeness (QED) is 0.753. The molecule has 2 fully saturated rings. The lowest BCUT2D eigenvalue weighted by Crippen LogP contribution is -2.38. The highest BCUT2D eigenvalue weighted by Gasteiger charge is 2.35. The standard InChI is InChI=1S/C13H18FN3/c1-9-6-12(8-16-13(9)14)17-10-2-3-11(17)7-15-5-4-10/h6,8,10-11,15H,2-5,7H2,1H3/t10-,11+/m1/s1. The van der Waals surface area contributed by atoms with E-state index in [0.29, 0.717) is 17.6 Å². The molecule has 17 heavy (non-hydrogen) atoms. The summed E-state index contributed by atoms with van der Waals surface area (Å²) < 4.78 is 13.2. The first-order valence-electron chi connectivity index (χ1n) is 6.37. The van der Waals surface area contributed by atoms with Gasteiger partial charge in [0, 0.05) is 24.2 Å². The van der Waals surface area contributed by atoms with Gasteiger partial charge in [0.05, 0.1) is 11.9 Å². The summed E-state index contributed by atoms with van der Waals surface area (Å²) in [4.78, 5) is 6.30. The molecule has 1 aromatic rings. The second-order valence-corrected chi connectivity index (χ2v) is 5.09. The zero-order valence-corrected chi connectivity index (χ0v) is 10.1. The molecule has 2 aliphatic rings. The second kappa shape index (κ2) is 4.26. The molecule has 3 heterocycles. The predicted molar refractivity (Wildman–Crippen MR) is 65.7 cm³/mol. The summed E-state index contributed by atoms with van der Waals surface area (Å²) in [7, 11) is 0. The van der Waals surface area contributed by atoms with E-state index in [0.717, 1.165) is 18.8 Å². The van der Waals surface area contributed by atoms with Crippen LogP contribution >= 0.6 is 0 Å². The van der Waals surface area contributed by atoms with Crippen molar-refractivity contribution in [1.82, 2.24) is 10.3 Å². The van der Waals surface area contributed by atoms with Gasteiger partial charge in [0.15, 0.2) is 0 Å². The van der Waals surface area contributed by atoms with Gasteiger partial charge in [-0.3, -0.25) is 0 Å². The first-order valence-corrected chi connectivity index (χ1v) is 6.37. The van der Waals surface area contributed by atoms with Gasteiger partial charge in [-0.2, -0.15) is 4.39 Å². The topological polar surface area (TPSA) is 28.2 Å². The van der Waals surface area contributed by atoms with Gasteiger partial charge >= 0.3 is 0 Å². The Morgan fingerprint density at radius 3 is 3.00 bits per heavy atom. The molecule has 0 spiro atoms. The van der Waals surface area contributed by atoms with Crippen LogP contribution in [-0.4, -0.2) is 30.2 Å². The summed E-state index contributed by atoms with van der Waals surface area (Å²) in [6, 6.07) is 3.08. The van der Waals surface area contributed by atoms with E-state index in [1.807, 2.05) is 6.07 Å². The molecule has 3 rings (SSSR count). The van der Waals surface area contributed by atoms with Crippen LogP contribution in [0.3, 0.4) is 0 Å². The number of aryl methyl sites for hydroxylation is 1. The van der Waals surface area contributed by atoms with Crippen LogP contribution in [0.5, 0.6) is 0 Å². The summed E-state index contributed by atoms with van der Waals surface area (Å²) >= 11 is 0. The van der Waals surface area contributed by atoms with Crippen LogP contribution in [0.15, 0.2) is 12.3 Å². The predicted octanol–water partition coefficient (Wildman–Crippen LogP) is 1.86. The molecule has 0 aliphatic carbocycles. The lowest BCUT2D eigenvalue weighted by Gasteiger charge is -2.30. The number of nitrogens with zero attached hydrogens (tertiary/aromatic N) is 2. The van der Waals surface area contributed by atoms with E-state index < -0.39 is 0 Å². The molecule has 0 radical (unpaired) electrons. The fourth-order valence-electron chi connectivity index (χ4n) is 3.09. The third-order valence-electron chi connectivity index (χ3n) is 3.95. The molecule has 3 nitrogen and oxygen atoms in total. The van der Waals surface area contributed by atoms with Crippen molar-refractivity contribution in [2.75, 3.05) is 18.0 Å². The number of fused-ring (bicyclic) bond motifs is 2. The Kier molecular flexibility index (Phi) is 2.74. The maximum Gasteiger partial charge on any atom is 0.215 e. The van der Waals surface area contributed by atoms with Crippen molar-refractivity contribution in [2.45, 2.75) is 38.3 Å². The largest absolute Gasteiger partial charge is 0.363 e. The van der Waals surface area contributed by atoms with Gasteiger partial charge < -0.3 is 10.2 Å². The fraction of sp³-hybridized carbons (Fsp3) is 0.615. The van der Waals surface area contributed by atoms with Gasteiger partial charge in [-0.15, -0.1) is 0 Å². The lowest BCUT2D eigenvalue weighted by atomic mass is 10.1. The van der Waals surface area contributed by atoms with Gasteiger partial charge in [-0.25, -0.2) is 4.98 Å². The number of nitrogens with one attached hydrogen (secondary N) is 1. The summed E-state index contributed by atoms with van der Waals surface area (Å²) in [5.74, 6) is -0.353. The number of hydrogen-bond acceptors (Lipinski definition) is 3. The molecule has 1 aromatic heterocycles. The summed E-state index contributed by atoms with van der Waals surface area (Å²) in [5, 5.41) is 3.47. The van der Waals surface area contributed by atoms with Gasteiger partial charge in [0.25, 0.3) is 0 Å². The van der Waals surface area contributed by atoms with Gasteiger partial charge in [0.2, 0.25) is 5.95 Å². The average molecular weight is 235 g/mol. The molecule has 2 bridgehead atoms. The molecular formula is C13H18FN3. The molecule has 1 N–H and O–H groups in total. The first-order chi connectivity index (χ1) is 8.25. The van der Waals surface area contributed by atoms with Gasteiger partial charge in [0.1, 0.15) is 0 Å². The molecular weight excluding hydrogens is 217 g/mol. The van der Waals surface area contributed by atoms with E-state index in [9.17, 15) is 4.39 Å². The van der Waals surface area contributed by atoms with E-state index in [1.54, 1.807) is 13.1 Å². The SMILES string of the molecule is Cc1cc(N2[C@H]3CCNC[C@@H]2CC3)cnc1F. The Balaban J connectivity index is 1.94. The normalized spacial score (nSPS) is 28.2. The van der Waals surface area contributed by atoms with Crippen molar-refractivity contribution in [3.63, 3.8) is 0 Å². The zero-order valence-electron chi connectivity index (χ0n) is 10.1. The maximum absolute atomic E-state index is 13.2. The smallest absolute Gasteiger partial charge is 0.215 e. The number of rotatable bonds is 1. The molecule has 0 amide bonds. The van der Waals surface area contributed by atoms with Crippen LogP contribution < -0.4 is 10.2 Å². The Morgan fingerprint density at radius 2 is 2.18 bits per heavy atom. The Hall–Kier alpha value is -1.16. The summed E-state index contributed by atoms with van der Waals surface area (Å²) in [5.41, 5.74) is 1.72. The Bertz CT molecular complexity index is 407. The fourth-order valence-corrected chi connectivity index (χ4v) is 3.09. The number of anilines is 1. The van der Waals surface area contributed by atoms with E-state index in [2.05, 4.69) is 15.2 Å². The highest BCUT2D eigenvalue weighted by Crippen LogP contribution is 2.33. The molecule has 2 atom stereocenters. The maximum atomic E-state index is 13.2. The minimum absolute atomic E-state index is 0.353. The van der Waals surface area contributed by atoms with E-state index >= 15 is 0 Å². The van der Waals surface area contributed by atoms with Crippen LogP contribution in [-0.2, 0) is 0 Å². The molecule has 2 saturated heterocycles. The van der Waals surface area contributed by atoms with Gasteiger partial charge in [-0.1, -0.05) is 0 Å². The summed E-state index contributed by atoms with van der Waals surface area (Å²) in [6.45, 7) is 3.90. The number of halogens is 1. The van der Waals surface area contributed by atoms with Crippen LogP contribution in [0.2, 0.25) is 0 Å². The minimum atomic E-state index is -0.353. The highest BCUT2D eigenvalue weighted by atomic mass is 19.1. The lowest BCUT2D eigenvalue weighted by molar-refractivity contribution is 0.567. The second-order valence-electron chi connectivity index (χ2n) is 5.09. The van der Waals surface area contributed by atoms with E-state index in [4.69, 9.17) is 0 Å². The number of hydrogen-bond donors (Lipinski definition) is 1. The van der Waals surface area contributed by atoms with Gasteiger partial charge in [-0.05, 0) is 38.8 Å². The highest BCUT2D eigenvalue weighted by molar-refractivity contribution is 5.50. The molecule has 0 unspecified atom stereocenters. The van der Waals surface area contributed by atoms with E-state index in [-0.39, 0.29) is 5.95 Å². The molecule has 0 aromatic carbocycles. The number of pyridine rings is 1. The average Bonchev–Trinajstić information content (AvgIpc) is 2.56. The van der Waals surface area contributed by atoms with Crippen molar-refractivity contribution in [1.29, 1.82) is 0 Å². The van der Waals surface area contributed by atoms with Crippen LogP contribution in [0.1, 0.15) is 24.8 Å². The van der Waals surface area contributed by atoms with Crippen LogP contribution in [0.25, 0.3) is 0 Å². The van der Waals surface area contributed by atoms with Crippen molar-refractivity contribution < 1.29 is 4.39 Å². The molecule has 4 heteroatoms. The van der Waals surface area contributed by atoms with Crippen molar-refractivity contribution in [3.05, 3.63) is 23.8 Å². The van der Waals surface area contributed by atoms with Crippen molar-refractivity contribution in [2.24, 2.45) is 0 Å². The molecule has 0 saturated carbocycles. The first kappa shape index (κ1) is 11.0. The molecule has 2 aliphatic heterocycles. The van der Waals surface area contributed by atoms with E-state index in [1.165, 1.54) is 19.3 Å². The number of aromatic nitrogens is 1. The third-order valence-corrected chi connectivity index (χ3v) is 3.95. The third kappa shape index (κ3) is 1.90. The monoisotopic (exact) mass is 235 g/mol. The van der Waals surface area contributed by atoms with Crippen LogP contribution in [0.4, 0.5) is 10.1 Å². The zero-order chi connectivity index (χ0) is 11.8. The Morgan fingerprint density at radius 1 is 1.35 bits per heavy atom. The van der Waals surface area contributed by atoms with Crippen LogP contribution in [0, 0.1) is 12.9 Å². The van der Waals surface area contributed by atoms with Crippen molar-refractivity contribution >= 4 is 5.69 Å². The molecule has 92 valence electrons.